The van der Waals surface area contributed by atoms with Crippen molar-refractivity contribution in [2.24, 2.45) is 0 Å². The molecule has 0 aliphatic heterocycles. The lowest BCUT2D eigenvalue weighted by molar-refractivity contribution is 0.275. The van der Waals surface area contributed by atoms with Crippen LogP contribution in [0.3, 0.4) is 0 Å². The van der Waals surface area contributed by atoms with Gasteiger partial charge < -0.3 is 14.7 Å². The van der Waals surface area contributed by atoms with Crippen molar-refractivity contribution in [2.75, 3.05) is 0 Å². The highest BCUT2D eigenvalue weighted by molar-refractivity contribution is 7.45. The summed E-state index contributed by atoms with van der Waals surface area (Å²) in [5.41, 5.74) is 0. The predicted molar refractivity (Wildman–Crippen MR) is 146 cm³/mol. The van der Waals surface area contributed by atoms with E-state index in [0.29, 0.717) is 0 Å². The van der Waals surface area contributed by atoms with Gasteiger partial charge in [-0.15, -0.1) is 0 Å². The van der Waals surface area contributed by atoms with Gasteiger partial charge in [0.25, 0.3) is 0 Å². The van der Waals surface area contributed by atoms with Crippen LogP contribution in [0.1, 0.15) is 0 Å². The van der Waals surface area contributed by atoms with Crippen molar-refractivity contribution >= 4 is 40.1 Å². The zero-order chi connectivity index (χ0) is 24.9. The Morgan fingerprint density at radius 2 is 0.400 bits per heavy atom. The maximum atomic E-state index is 8.88. The predicted octanol–water partition coefficient (Wildman–Crippen LogP) is 7.59. The van der Waals surface area contributed by atoms with Crippen LogP contribution in [-0.4, -0.2) is 14.7 Å². The summed E-state index contributed by atoms with van der Waals surface area (Å²) in [5.74, 6) is 0. The molecule has 0 radical (unpaired) electrons. The van der Waals surface area contributed by atoms with E-state index in [1.54, 1.807) is 0 Å². The first-order valence-electron chi connectivity index (χ1n) is 11.0. The summed E-state index contributed by atoms with van der Waals surface area (Å²) in [6, 6.07) is 50.1. The summed E-state index contributed by atoms with van der Waals surface area (Å²) in [4.78, 5) is 21.6. The van der Waals surface area contributed by atoms with Crippen LogP contribution in [0.4, 0.5) is 0 Å². The van der Waals surface area contributed by atoms with E-state index < -0.39 is 7.82 Å². The van der Waals surface area contributed by atoms with Gasteiger partial charge in [-0.05, 0) is 32.3 Å². The third kappa shape index (κ3) is 9.54. The summed E-state index contributed by atoms with van der Waals surface area (Å²) in [6.45, 7) is 0. The van der Waals surface area contributed by atoms with Crippen molar-refractivity contribution in [2.45, 2.75) is 0 Å². The molecule has 0 saturated heterocycles. The second kappa shape index (κ2) is 13.2. The van der Waals surface area contributed by atoms with Crippen LogP contribution in [0.2, 0.25) is 0 Å². The van der Waals surface area contributed by atoms with E-state index in [1.807, 2.05) is 0 Å². The largest absolute Gasteiger partial charge is 0.466 e. The minimum absolute atomic E-state index is 1.31. The topological polar surface area (TPSA) is 77.8 Å². The summed E-state index contributed by atoms with van der Waals surface area (Å²) in [7, 11) is -4.64. The van der Waals surface area contributed by atoms with Gasteiger partial charge in [-0.2, -0.15) is 0 Å². The molecule has 5 heteroatoms. The van der Waals surface area contributed by atoms with Crippen LogP contribution >= 0.6 is 7.82 Å². The molecule has 176 valence electrons. The Bertz CT molecular complexity index is 1150. The number of hydrogen-bond acceptors (Lipinski definition) is 1. The van der Waals surface area contributed by atoms with Crippen LogP contribution < -0.4 is 0 Å². The molecule has 0 bridgehead atoms. The van der Waals surface area contributed by atoms with Gasteiger partial charge in [0.1, 0.15) is 0 Å². The van der Waals surface area contributed by atoms with E-state index in [2.05, 4.69) is 146 Å². The zero-order valence-electron chi connectivity index (χ0n) is 19.1. The van der Waals surface area contributed by atoms with Gasteiger partial charge in [-0.3, -0.25) is 0 Å². The molecular formula is C30H27O4P. The first-order valence-corrected chi connectivity index (χ1v) is 12.6. The van der Waals surface area contributed by atoms with Crippen molar-refractivity contribution in [1.82, 2.24) is 0 Å². The smallest absolute Gasteiger partial charge is 0.303 e. The van der Waals surface area contributed by atoms with E-state index in [4.69, 9.17) is 19.2 Å². The molecule has 0 aliphatic carbocycles. The summed E-state index contributed by atoms with van der Waals surface area (Å²) in [5, 5.41) is 7.86. The first kappa shape index (κ1) is 25.8. The molecule has 0 spiro atoms. The third-order valence-corrected chi connectivity index (χ3v) is 4.98. The summed E-state index contributed by atoms with van der Waals surface area (Å²) >= 11 is 0. The number of hydrogen-bond donors (Lipinski definition) is 3. The van der Waals surface area contributed by atoms with E-state index in [-0.39, 0.29) is 0 Å². The maximum Gasteiger partial charge on any atom is 0.466 e. The Kier molecular flexibility index (Phi) is 9.73. The molecule has 6 aromatic rings. The molecule has 0 aromatic heterocycles. The minimum Gasteiger partial charge on any atom is -0.303 e. The van der Waals surface area contributed by atoms with Gasteiger partial charge >= 0.3 is 7.82 Å². The van der Waals surface area contributed by atoms with Crippen molar-refractivity contribution < 1.29 is 19.2 Å². The Hall–Kier alpha value is -3.79. The molecule has 0 amide bonds. The van der Waals surface area contributed by atoms with Crippen molar-refractivity contribution in [3.63, 3.8) is 0 Å². The zero-order valence-corrected chi connectivity index (χ0v) is 19.9. The average molecular weight is 483 g/mol. The van der Waals surface area contributed by atoms with Gasteiger partial charge in [0, 0.05) is 0 Å². The normalized spacial score (nSPS) is 10.3. The van der Waals surface area contributed by atoms with E-state index in [0.717, 1.165) is 0 Å². The quantitative estimate of drug-likeness (QED) is 0.195. The van der Waals surface area contributed by atoms with Gasteiger partial charge in [0.15, 0.2) is 0 Å². The third-order valence-electron chi connectivity index (χ3n) is 4.98. The molecule has 0 heterocycles. The SMILES string of the molecule is O=P(O)(O)O.c1ccc2ccccc2c1.c1ccc2ccccc2c1.c1ccc2ccccc2c1. The lowest BCUT2D eigenvalue weighted by Gasteiger charge is -1.92. The van der Waals surface area contributed by atoms with Gasteiger partial charge in [-0.25, -0.2) is 4.57 Å². The number of rotatable bonds is 0. The molecule has 35 heavy (non-hydrogen) atoms. The fraction of sp³-hybridized carbons (Fsp3) is 0. The van der Waals surface area contributed by atoms with Crippen molar-refractivity contribution in [3.8, 4) is 0 Å². The molecule has 3 N–H and O–H groups in total. The number of fused-ring (bicyclic) bond motifs is 3. The minimum atomic E-state index is -4.64. The van der Waals surface area contributed by atoms with Gasteiger partial charge in [0.05, 0.1) is 0 Å². The average Bonchev–Trinajstić information content (AvgIpc) is 2.89. The number of phosphoric acid groups is 1. The van der Waals surface area contributed by atoms with E-state index in [9.17, 15) is 0 Å². The summed E-state index contributed by atoms with van der Waals surface area (Å²) < 4.78 is 8.88. The van der Waals surface area contributed by atoms with E-state index in [1.165, 1.54) is 32.3 Å². The number of benzene rings is 6. The Morgan fingerprint density at radius 1 is 0.314 bits per heavy atom. The fourth-order valence-corrected chi connectivity index (χ4v) is 3.40. The monoisotopic (exact) mass is 482 g/mol. The Labute approximate surface area is 205 Å². The fourth-order valence-electron chi connectivity index (χ4n) is 3.40. The molecule has 0 saturated carbocycles. The second-order valence-corrected chi connectivity index (χ2v) is 8.58. The van der Waals surface area contributed by atoms with Gasteiger partial charge in [0.2, 0.25) is 0 Å². The standard InChI is InChI=1S/3C10H8.H3O4P/c3*1-2-6-10-8-4-3-7-9(10)5-1;1-5(2,3)4/h3*1-8H;(H3,1,2,3,4). The molecule has 6 aromatic carbocycles. The molecule has 0 atom stereocenters. The highest BCUT2D eigenvalue weighted by Gasteiger charge is 2.00. The first-order chi connectivity index (χ1) is 16.9. The maximum absolute atomic E-state index is 8.88. The molecule has 4 nitrogen and oxygen atoms in total. The highest BCUT2D eigenvalue weighted by Crippen LogP contribution is 2.25. The lowest BCUT2D eigenvalue weighted by atomic mass is 10.1. The van der Waals surface area contributed by atoms with Crippen LogP contribution in [-0.2, 0) is 4.57 Å². The molecule has 0 aliphatic rings. The lowest BCUT2D eigenvalue weighted by Crippen LogP contribution is -1.67. The molecule has 0 fully saturated rings. The van der Waals surface area contributed by atoms with Crippen molar-refractivity contribution in [3.05, 3.63) is 146 Å². The van der Waals surface area contributed by atoms with Crippen LogP contribution in [0.15, 0.2) is 146 Å². The molecule has 0 unspecified atom stereocenters. The summed E-state index contributed by atoms with van der Waals surface area (Å²) in [6.07, 6.45) is 0. The van der Waals surface area contributed by atoms with Gasteiger partial charge in [-0.1, -0.05) is 146 Å². The van der Waals surface area contributed by atoms with Crippen molar-refractivity contribution in [1.29, 1.82) is 0 Å². The second-order valence-electron chi connectivity index (χ2n) is 7.55. The Morgan fingerprint density at radius 3 is 0.486 bits per heavy atom. The van der Waals surface area contributed by atoms with E-state index >= 15 is 0 Å². The van der Waals surface area contributed by atoms with Crippen LogP contribution in [0.5, 0.6) is 0 Å². The highest BCUT2D eigenvalue weighted by atomic mass is 31.2. The Balaban J connectivity index is 0.000000134. The molecular weight excluding hydrogens is 455 g/mol. The van der Waals surface area contributed by atoms with Crippen LogP contribution in [0, 0.1) is 0 Å². The molecule has 6 rings (SSSR count). The van der Waals surface area contributed by atoms with Crippen LogP contribution in [0.25, 0.3) is 32.3 Å².